The zero-order valence-electron chi connectivity index (χ0n) is 12.4. The van der Waals surface area contributed by atoms with Crippen LogP contribution in [0.1, 0.15) is 16.8 Å². The van der Waals surface area contributed by atoms with Gasteiger partial charge in [0.05, 0.1) is 34.3 Å². The number of aldehydes is 1. The van der Waals surface area contributed by atoms with Gasteiger partial charge >= 0.3 is 0 Å². The highest BCUT2D eigenvalue weighted by atomic mass is 16.5. The van der Waals surface area contributed by atoms with Crippen LogP contribution < -0.4 is 4.74 Å². The molecule has 20 heavy (non-hydrogen) atoms. The van der Waals surface area contributed by atoms with Crippen molar-refractivity contribution in [2.45, 2.75) is 6.42 Å². The lowest BCUT2D eigenvalue weighted by Crippen LogP contribution is -2.35. The minimum atomic E-state index is 0.703. The van der Waals surface area contributed by atoms with Crippen LogP contribution in [0.15, 0.2) is 36.4 Å². The van der Waals surface area contributed by atoms with Gasteiger partial charge in [0.2, 0.25) is 0 Å². The minimum Gasteiger partial charge on any atom is -0.493 e. The van der Waals surface area contributed by atoms with Gasteiger partial charge in [0.15, 0.2) is 0 Å². The number of hydrogen-bond donors (Lipinski definition) is 0. The van der Waals surface area contributed by atoms with Crippen LogP contribution in [0.5, 0.6) is 5.75 Å². The second kappa shape index (κ2) is 6.06. The molecule has 0 bridgehead atoms. The molecule has 2 rings (SSSR count). The standard InChI is InChI=1S/C17H22NO2/c1-18(2,3)9-4-10-20-17-8-7-15-11-14(13-19)5-6-16(15)12-17/h5-8,11-13H,4,9-10H2,1-3H3/q+1. The first-order valence-electron chi connectivity index (χ1n) is 6.90. The summed E-state index contributed by atoms with van der Waals surface area (Å²) in [5.74, 6) is 0.887. The summed E-state index contributed by atoms with van der Waals surface area (Å²) in [6, 6.07) is 11.7. The number of carbonyl (C=O) groups excluding carboxylic acids is 1. The Kier molecular flexibility index (Phi) is 4.40. The lowest BCUT2D eigenvalue weighted by molar-refractivity contribution is -0.870. The largest absolute Gasteiger partial charge is 0.493 e. The summed E-state index contributed by atoms with van der Waals surface area (Å²) in [4.78, 5) is 10.7. The molecule has 2 aromatic carbocycles. The van der Waals surface area contributed by atoms with E-state index in [1.54, 1.807) is 0 Å². The summed E-state index contributed by atoms with van der Waals surface area (Å²) in [6.45, 7) is 1.82. The minimum absolute atomic E-state index is 0.703. The third-order valence-electron chi connectivity index (χ3n) is 3.21. The number of quaternary nitrogens is 1. The van der Waals surface area contributed by atoms with E-state index in [0.29, 0.717) is 5.56 Å². The number of nitrogens with zero attached hydrogens (tertiary/aromatic N) is 1. The molecular weight excluding hydrogens is 250 g/mol. The van der Waals surface area contributed by atoms with Crippen molar-refractivity contribution in [3.05, 3.63) is 42.0 Å². The molecule has 0 atom stereocenters. The van der Waals surface area contributed by atoms with Crippen molar-refractivity contribution in [2.75, 3.05) is 34.3 Å². The molecule has 0 aliphatic heterocycles. The van der Waals surface area contributed by atoms with Crippen molar-refractivity contribution < 1.29 is 14.0 Å². The third-order valence-corrected chi connectivity index (χ3v) is 3.21. The fourth-order valence-corrected chi connectivity index (χ4v) is 2.13. The van der Waals surface area contributed by atoms with Crippen molar-refractivity contribution in [1.29, 1.82) is 0 Å². The van der Waals surface area contributed by atoms with Crippen LogP contribution in [-0.2, 0) is 0 Å². The first kappa shape index (κ1) is 14.5. The number of carbonyl (C=O) groups is 1. The van der Waals surface area contributed by atoms with E-state index in [-0.39, 0.29) is 0 Å². The molecule has 2 aromatic rings. The normalized spacial score (nSPS) is 11.6. The van der Waals surface area contributed by atoms with Gasteiger partial charge in [-0.1, -0.05) is 18.2 Å². The zero-order valence-corrected chi connectivity index (χ0v) is 12.4. The summed E-state index contributed by atoms with van der Waals surface area (Å²) in [5.41, 5.74) is 0.703. The molecule has 0 aliphatic carbocycles. The number of hydrogen-bond acceptors (Lipinski definition) is 2. The maximum atomic E-state index is 10.7. The smallest absolute Gasteiger partial charge is 0.150 e. The molecule has 0 saturated heterocycles. The fraction of sp³-hybridized carbons (Fsp3) is 0.353. The molecule has 0 aromatic heterocycles. The SMILES string of the molecule is C[N+](C)(C)CCCOc1ccc2cc(C=O)ccc2c1. The molecule has 0 N–H and O–H groups in total. The van der Waals surface area contributed by atoms with Crippen LogP contribution in [0.4, 0.5) is 0 Å². The molecule has 3 nitrogen and oxygen atoms in total. The summed E-state index contributed by atoms with van der Waals surface area (Å²) in [7, 11) is 6.54. The van der Waals surface area contributed by atoms with E-state index in [1.165, 1.54) is 0 Å². The Labute approximate surface area is 120 Å². The Hall–Kier alpha value is -1.87. The van der Waals surface area contributed by atoms with Crippen molar-refractivity contribution in [3.8, 4) is 5.75 Å². The van der Waals surface area contributed by atoms with Crippen molar-refractivity contribution in [3.63, 3.8) is 0 Å². The molecule has 106 valence electrons. The average molecular weight is 272 g/mol. The van der Waals surface area contributed by atoms with Crippen LogP contribution in [0, 0.1) is 0 Å². The average Bonchev–Trinajstić information content (AvgIpc) is 2.42. The molecule has 3 heteroatoms. The fourth-order valence-electron chi connectivity index (χ4n) is 2.13. The van der Waals surface area contributed by atoms with E-state index < -0.39 is 0 Å². The lowest BCUT2D eigenvalue weighted by atomic mass is 10.1. The van der Waals surface area contributed by atoms with E-state index in [1.807, 2.05) is 36.4 Å². The van der Waals surface area contributed by atoms with Crippen LogP contribution in [0.25, 0.3) is 10.8 Å². The van der Waals surface area contributed by atoms with Gasteiger partial charge in [0.1, 0.15) is 12.0 Å². The van der Waals surface area contributed by atoms with Gasteiger partial charge in [-0.2, -0.15) is 0 Å². The molecule has 0 aliphatic rings. The van der Waals surface area contributed by atoms with Gasteiger partial charge in [0.25, 0.3) is 0 Å². The van der Waals surface area contributed by atoms with E-state index in [4.69, 9.17) is 4.74 Å². The lowest BCUT2D eigenvalue weighted by Gasteiger charge is -2.23. The molecule has 0 radical (unpaired) electrons. The predicted molar refractivity (Wildman–Crippen MR) is 82.3 cm³/mol. The summed E-state index contributed by atoms with van der Waals surface area (Å²) in [6.07, 6.45) is 1.90. The topological polar surface area (TPSA) is 26.3 Å². The molecule has 0 unspecified atom stereocenters. The van der Waals surface area contributed by atoms with E-state index in [2.05, 4.69) is 21.1 Å². The predicted octanol–water partition coefficient (Wildman–Crippen LogP) is 3.13. The molecular formula is C17H22NO2+. The van der Waals surface area contributed by atoms with Crippen LogP contribution in [0.3, 0.4) is 0 Å². The Morgan fingerprint density at radius 1 is 1.05 bits per heavy atom. The van der Waals surface area contributed by atoms with Gasteiger partial charge < -0.3 is 9.22 Å². The quantitative estimate of drug-likeness (QED) is 0.459. The van der Waals surface area contributed by atoms with E-state index in [0.717, 1.165) is 46.9 Å². The number of rotatable bonds is 6. The van der Waals surface area contributed by atoms with Gasteiger partial charge in [-0.25, -0.2) is 0 Å². The maximum Gasteiger partial charge on any atom is 0.150 e. The Morgan fingerprint density at radius 2 is 1.75 bits per heavy atom. The monoisotopic (exact) mass is 272 g/mol. The number of benzene rings is 2. The molecule has 0 spiro atoms. The zero-order chi connectivity index (χ0) is 14.6. The highest BCUT2D eigenvalue weighted by Crippen LogP contribution is 2.21. The molecule has 0 heterocycles. The maximum absolute atomic E-state index is 10.7. The van der Waals surface area contributed by atoms with Crippen molar-refractivity contribution in [1.82, 2.24) is 0 Å². The molecule has 0 saturated carbocycles. The van der Waals surface area contributed by atoms with Crippen LogP contribution in [-0.4, -0.2) is 45.1 Å². The number of ether oxygens (including phenoxy) is 1. The third kappa shape index (κ3) is 4.07. The highest BCUT2D eigenvalue weighted by Gasteiger charge is 2.06. The van der Waals surface area contributed by atoms with Crippen molar-refractivity contribution in [2.24, 2.45) is 0 Å². The first-order valence-corrected chi connectivity index (χ1v) is 6.90. The first-order chi connectivity index (χ1) is 9.48. The second-order valence-corrected chi connectivity index (χ2v) is 6.10. The van der Waals surface area contributed by atoms with E-state index >= 15 is 0 Å². The summed E-state index contributed by atoms with van der Waals surface area (Å²) in [5, 5.41) is 2.16. The summed E-state index contributed by atoms with van der Waals surface area (Å²) >= 11 is 0. The number of fused-ring (bicyclic) bond motifs is 1. The Balaban J connectivity index is 1.99. The molecule has 0 fully saturated rings. The van der Waals surface area contributed by atoms with Gasteiger partial charge in [0, 0.05) is 12.0 Å². The van der Waals surface area contributed by atoms with Gasteiger partial charge in [-0.3, -0.25) is 4.79 Å². The Bertz CT molecular complexity index is 599. The van der Waals surface area contributed by atoms with Crippen molar-refractivity contribution >= 4 is 17.1 Å². The van der Waals surface area contributed by atoms with E-state index in [9.17, 15) is 4.79 Å². The van der Waals surface area contributed by atoms with Gasteiger partial charge in [-0.05, 0) is 29.0 Å². The second-order valence-electron chi connectivity index (χ2n) is 6.10. The summed E-state index contributed by atoms with van der Waals surface area (Å²) < 4.78 is 6.74. The van der Waals surface area contributed by atoms with Gasteiger partial charge in [-0.15, -0.1) is 0 Å². The Morgan fingerprint density at radius 3 is 2.45 bits per heavy atom. The van der Waals surface area contributed by atoms with Crippen LogP contribution in [0.2, 0.25) is 0 Å². The molecule has 0 amide bonds. The highest BCUT2D eigenvalue weighted by molar-refractivity contribution is 5.89. The van der Waals surface area contributed by atoms with Crippen LogP contribution >= 0.6 is 0 Å².